The predicted molar refractivity (Wildman–Crippen MR) is 79.5 cm³/mol. The Morgan fingerprint density at radius 3 is 2.79 bits per heavy atom. The second-order valence-electron chi connectivity index (χ2n) is 5.91. The molecule has 1 aliphatic carbocycles. The zero-order valence-corrected chi connectivity index (χ0v) is 13.0. The van der Waals surface area contributed by atoms with Crippen molar-refractivity contribution in [3.8, 4) is 5.75 Å². The molecule has 3 rings (SSSR count). The third-order valence-corrected chi connectivity index (χ3v) is 5.41. The van der Waals surface area contributed by atoms with Gasteiger partial charge in [0.25, 0.3) is 0 Å². The summed E-state index contributed by atoms with van der Waals surface area (Å²) in [5.41, 5.74) is 2.28. The van der Waals surface area contributed by atoms with Crippen molar-refractivity contribution in [3.63, 3.8) is 0 Å². The van der Waals surface area contributed by atoms with Gasteiger partial charge in [-0.1, -0.05) is 35.7 Å². The molecule has 1 N–H and O–H groups in total. The molecule has 0 amide bonds. The van der Waals surface area contributed by atoms with Crippen LogP contribution in [-0.2, 0) is 6.42 Å². The smallest absolute Gasteiger partial charge is 0.128 e. The fraction of sp³-hybridized carbons (Fsp3) is 0.625. The van der Waals surface area contributed by atoms with E-state index in [1.54, 1.807) is 0 Å². The lowest BCUT2D eigenvalue weighted by Crippen LogP contribution is -2.25. The van der Waals surface area contributed by atoms with Crippen LogP contribution in [0.1, 0.15) is 56.3 Å². The highest BCUT2D eigenvalue weighted by molar-refractivity contribution is 9.10. The molecule has 3 heteroatoms. The van der Waals surface area contributed by atoms with Crippen molar-refractivity contribution in [2.24, 2.45) is 5.41 Å². The average molecular weight is 325 g/mol. The highest BCUT2D eigenvalue weighted by Crippen LogP contribution is 2.52. The van der Waals surface area contributed by atoms with Crippen LogP contribution >= 0.6 is 15.9 Å². The summed E-state index contributed by atoms with van der Waals surface area (Å²) in [7, 11) is 0. The molecular formula is C16H21BrO2. The lowest BCUT2D eigenvalue weighted by Gasteiger charge is -2.34. The van der Waals surface area contributed by atoms with Crippen LogP contribution in [0.4, 0.5) is 0 Å². The van der Waals surface area contributed by atoms with Gasteiger partial charge in [0.2, 0.25) is 0 Å². The maximum absolute atomic E-state index is 11.0. The SMILES string of the molecule is CCC1(C(O)c2cc(Br)cc3c2OCC3)CCCC1. The van der Waals surface area contributed by atoms with Crippen LogP contribution in [0, 0.1) is 5.41 Å². The van der Waals surface area contributed by atoms with Crippen molar-refractivity contribution in [1.29, 1.82) is 0 Å². The predicted octanol–water partition coefficient (Wildman–Crippen LogP) is 4.39. The minimum absolute atomic E-state index is 0.0561. The Bertz CT molecular complexity index is 478. The lowest BCUT2D eigenvalue weighted by atomic mass is 9.75. The summed E-state index contributed by atoms with van der Waals surface area (Å²) in [4.78, 5) is 0. The van der Waals surface area contributed by atoms with E-state index in [0.717, 1.165) is 48.1 Å². The van der Waals surface area contributed by atoms with Crippen molar-refractivity contribution in [1.82, 2.24) is 0 Å². The molecule has 1 aliphatic heterocycles. The summed E-state index contributed by atoms with van der Waals surface area (Å²) >= 11 is 3.57. The van der Waals surface area contributed by atoms with Gasteiger partial charge in [0.1, 0.15) is 5.75 Å². The molecular weight excluding hydrogens is 304 g/mol. The summed E-state index contributed by atoms with van der Waals surface area (Å²) in [6, 6.07) is 4.16. The van der Waals surface area contributed by atoms with Gasteiger partial charge in [0.15, 0.2) is 0 Å². The summed E-state index contributed by atoms with van der Waals surface area (Å²) in [5, 5.41) is 11.0. The van der Waals surface area contributed by atoms with Gasteiger partial charge in [0.05, 0.1) is 12.7 Å². The summed E-state index contributed by atoms with van der Waals surface area (Å²) in [6.07, 6.45) is 6.33. The number of halogens is 1. The van der Waals surface area contributed by atoms with Crippen LogP contribution in [0.5, 0.6) is 5.75 Å². The molecule has 0 radical (unpaired) electrons. The first-order valence-electron chi connectivity index (χ1n) is 7.29. The molecule has 1 aromatic carbocycles. The maximum atomic E-state index is 11.0. The molecule has 19 heavy (non-hydrogen) atoms. The molecule has 0 bridgehead atoms. The first-order chi connectivity index (χ1) is 9.16. The number of ether oxygens (including phenoxy) is 1. The summed E-state index contributed by atoms with van der Waals surface area (Å²) in [5.74, 6) is 0.940. The molecule has 1 atom stereocenters. The van der Waals surface area contributed by atoms with Crippen molar-refractivity contribution in [2.75, 3.05) is 6.61 Å². The Morgan fingerprint density at radius 2 is 2.11 bits per heavy atom. The van der Waals surface area contributed by atoms with Crippen LogP contribution in [0.15, 0.2) is 16.6 Å². The van der Waals surface area contributed by atoms with E-state index in [-0.39, 0.29) is 5.41 Å². The first-order valence-corrected chi connectivity index (χ1v) is 8.09. The van der Waals surface area contributed by atoms with E-state index in [1.807, 2.05) is 6.07 Å². The number of hydrogen-bond acceptors (Lipinski definition) is 2. The van der Waals surface area contributed by atoms with Gasteiger partial charge in [-0.25, -0.2) is 0 Å². The third-order valence-electron chi connectivity index (χ3n) is 4.96. The maximum Gasteiger partial charge on any atom is 0.128 e. The van der Waals surface area contributed by atoms with Crippen LogP contribution in [0.3, 0.4) is 0 Å². The van der Waals surface area contributed by atoms with E-state index in [0.29, 0.717) is 0 Å². The summed E-state index contributed by atoms with van der Waals surface area (Å²) < 4.78 is 6.82. The Balaban J connectivity index is 2.02. The zero-order valence-electron chi connectivity index (χ0n) is 11.4. The molecule has 1 fully saturated rings. The van der Waals surface area contributed by atoms with E-state index in [1.165, 1.54) is 18.4 Å². The van der Waals surface area contributed by atoms with E-state index < -0.39 is 6.10 Å². The molecule has 0 aromatic heterocycles. The topological polar surface area (TPSA) is 29.5 Å². The molecule has 1 saturated carbocycles. The molecule has 2 nitrogen and oxygen atoms in total. The van der Waals surface area contributed by atoms with Crippen molar-refractivity contribution >= 4 is 15.9 Å². The standard InChI is InChI=1S/C16H21BrO2/c1-2-16(6-3-4-7-16)15(18)13-10-12(17)9-11-5-8-19-14(11)13/h9-10,15,18H,2-8H2,1H3. The van der Waals surface area contributed by atoms with Crippen molar-refractivity contribution in [2.45, 2.75) is 51.6 Å². The normalized spacial score (nSPS) is 22.1. The Morgan fingerprint density at radius 1 is 1.37 bits per heavy atom. The van der Waals surface area contributed by atoms with Gasteiger partial charge in [-0.2, -0.15) is 0 Å². The average Bonchev–Trinajstić information content (AvgIpc) is 3.05. The van der Waals surface area contributed by atoms with Gasteiger partial charge in [-0.05, 0) is 37.0 Å². The highest BCUT2D eigenvalue weighted by Gasteiger charge is 2.41. The molecule has 0 spiro atoms. The number of aliphatic hydroxyl groups excluding tert-OH is 1. The Kier molecular flexibility index (Phi) is 3.61. The van der Waals surface area contributed by atoms with Gasteiger partial charge in [-0.3, -0.25) is 0 Å². The van der Waals surface area contributed by atoms with Crippen molar-refractivity contribution < 1.29 is 9.84 Å². The third kappa shape index (κ3) is 2.21. The van der Waals surface area contributed by atoms with E-state index in [9.17, 15) is 5.11 Å². The lowest BCUT2D eigenvalue weighted by molar-refractivity contribution is 0.0220. The van der Waals surface area contributed by atoms with Crippen LogP contribution < -0.4 is 4.74 Å². The Labute approximate surface area is 123 Å². The van der Waals surface area contributed by atoms with Crippen molar-refractivity contribution in [3.05, 3.63) is 27.7 Å². The summed E-state index contributed by atoms with van der Waals surface area (Å²) in [6.45, 7) is 2.94. The number of rotatable bonds is 3. The number of hydrogen-bond donors (Lipinski definition) is 1. The van der Waals surface area contributed by atoms with Crippen LogP contribution in [-0.4, -0.2) is 11.7 Å². The van der Waals surface area contributed by atoms with E-state index in [4.69, 9.17) is 4.74 Å². The quantitative estimate of drug-likeness (QED) is 0.893. The molecule has 0 saturated heterocycles. The fourth-order valence-electron chi connectivity index (χ4n) is 3.73. The molecule has 1 aromatic rings. The van der Waals surface area contributed by atoms with E-state index >= 15 is 0 Å². The highest BCUT2D eigenvalue weighted by atomic mass is 79.9. The van der Waals surface area contributed by atoms with Crippen LogP contribution in [0.2, 0.25) is 0 Å². The number of benzene rings is 1. The van der Waals surface area contributed by atoms with Crippen LogP contribution in [0.25, 0.3) is 0 Å². The first kappa shape index (κ1) is 13.4. The van der Waals surface area contributed by atoms with E-state index in [2.05, 4.69) is 28.9 Å². The van der Waals surface area contributed by atoms with Gasteiger partial charge in [0, 0.05) is 21.9 Å². The van der Waals surface area contributed by atoms with Gasteiger partial charge < -0.3 is 9.84 Å². The molecule has 104 valence electrons. The fourth-order valence-corrected chi connectivity index (χ4v) is 4.25. The molecule has 2 aliphatic rings. The number of fused-ring (bicyclic) bond motifs is 1. The van der Waals surface area contributed by atoms with Gasteiger partial charge in [-0.15, -0.1) is 0 Å². The second-order valence-corrected chi connectivity index (χ2v) is 6.82. The minimum Gasteiger partial charge on any atom is -0.493 e. The largest absolute Gasteiger partial charge is 0.493 e. The van der Waals surface area contributed by atoms with Gasteiger partial charge >= 0.3 is 0 Å². The Hall–Kier alpha value is -0.540. The number of aliphatic hydroxyl groups is 1. The second kappa shape index (κ2) is 5.10. The molecule has 1 unspecified atom stereocenters. The minimum atomic E-state index is -0.399. The monoisotopic (exact) mass is 324 g/mol. The molecule has 1 heterocycles. The zero-order chi connectivity index (χ0) is 13.5.